The molecule has 0 aliphatic carbocycles. The lowest BCUT2D eigenvalue weighted by Gasteiger charge is -1.97. The van der Waals surface area contributed by atoms with Crippen LogP contribution in [0.5, 0.6) is 0 Å². The molecule has 1 N–H and O–H groups in total. The normalized spacial score (nSPS) is 10.8. The molecule has 2 aromatic carbocycles. The van der Waals surface area contributed by atoms with E-state index in [1.807, 2.05) is 24.3 Å². The van der Waals surface area contributed by atoms with Crippen LogP contribution in [-0.2, 0) is 5.75 Å². The second-order valence-electron chi connectivity index (χ2n) is 3.83. The van der Waals surface area contributed by atoms with Crippen LogP contribution in [0.15, 0.2) is 59.8 Å². The predicted molar refractivity (Wildman–Crippen MR) is 72.1 cm³/mol. The summed E-state index contributed by atoms with van der Waals surface area (Å²) < 4.78 is 0. The van der Waals surface area contributed by atoms with Crippen molar-refractivity contribution in [2.24, 2.45) is 0 Å². The molecule has 84 valence electrons. The van der Waals surface area contributed by atoms with Gasteiger partial charge in [0.25, 0.3) is 0 Å². The van der Waals surface area contributed by atoms with Crippen LogP contribution in [0.2, 0.25) is 0 Å². The van der Waals surface area contributed by atoms with Crippen molar-refractivity contribution >= 4 is 22.8 Å². The molecule has 0 saturated heterocycles. The van der Waals surface area contributed by atoms with E-state index in [-0.39, 0.29) is 0 Å². The van der Waals surface area contributed by atoms with E-state index in [0.717, 1.165) is 21.9 Å². The first kappa shape index (κ1) is 10.4. The molecule has 0 aliphatic heterocycles. The topological polar surface area (TPSA) is 28.7 Å². The first-order valence-electron chi connectivity index (χ1n) is 5.53. The van der Waals surface area contributed by atoms with Gasteiger partial charge in [0.2, 0.25) is 0 Å². The Labute approximate surface area is 104 Å². The third-order valence-electron chi connectivity index (χ3n) is 2.59. The third-order valence-corrected chi connectivity index (χ3v) is 3.53. The molecule has 0 atom stereocenters. The van der Waals surface area contributed by atoms with E-state index < -0.39 is 0 Å². The minimum Gasteiger partial charge on any atom is -0.333 e. The number of imidazole rings is 1. The van der Waals surface area contributed by atoms with E-state index in [4.69, 9.17) is 0 Å². The van der Waals surface area contributed by atoms with Crippen LogP contribution in [0.4, 0.5) is 0 Å². The van der Waals surface area contributed by atoms with E-state index in [0.29, 0.717) is 0 Å². The van der Waals surface area contributed by atoms with Gasteiger partial charge in [-0.2, -0.15) is 0 Å². The van der Waals surface area contributed by atoms with Crippen molar-refractivity contribution in [3.05, 3.63) is 60.2 Å². The van der Waals surface area contributed by atoms with Gasteiger partial charge in [-0.1, -0.05) is 54.2 Å². The summed E-state index contributed by atoms with van der Waals surface area (Å²) in [5.74, 6) is 0.945. The maximum atomic E-state index is 4.54. The zero-order valence-corrected chi connectivity index (χ0v) is 10.1. The molecule has 0 spiro atoms. The van der Waals surface area contributed by atoms with Crippen molar-refractivity contribution in [3.8, 4) is 0 Å². The lowest BCUT2D eigenvalue weighted by atomic mass is 10.2. The second kappa shape index (κ2) is 4.63. The van der Waals surface area contributed by atoms with Crippen molar-refractivity contribution < 1.29 is 0 Å². The fourth-order valence-electron chi connectivity index (χ4n) is 1.72. The van der Waals surface area contributed by atoms with Gasteiger partial charge in [-0.15, -0.1) is 0 Å². The maximum absolute atomic E-state index is 4.54. The lowest BCUT2D eigenvalue weighted by molar-refractivity contribution is 1.08. The summed E-state index contributed by atoms with van der Waals surface area (Å²) in [5, 5.41) is 0.982. The second-order valence-corrected chi connectivity index (χ2v) is 4.80. The van der Waals surface area contributed by atoms with Crippen molar-refractivity contribution in [3.63, 3.8) is 0 Å². The molecule has 17 heavy (non-hydrogen) atoms. The van der Waals surface area contributed by atoms with Crippen LogP contribution in [0.25, 0.3) is 11.0 Å². The van der Waals surface area contributed by atoms with E-state index in [1.54, 1.807) is 11.8 Å². The molecule has 3 rings (SSSR count). The maximum Gasteiger partial charge on any atom is 0.166 e. The molecule has 0 unspecified atom stereocenters. The van der Waals surface area contributed by atoms with E-state index in [2.05, 4.69) is 40.3 Å². The molecule has 3 heteroatoms. The number of hydrogen-bond donors (Lipinski definition) is 1. The minimum atomic E-state index is 0.945. The number of aromatic nitrogens is 2. The van der Waals surface area contributed by atoms with Crippen LogP contribution in [0, 0.1) is 0 Å². The average Bonchev–Trinajstić information content (AvgIpc) is 2.80. The summed E-state index contributed by atoms with van der Waals surface area (Å²) in [6, 6.07) is 18.5. The SMILES string of the molecule is c1ccc(CSc2nc3ccccc3[nH]2)cc1. The van der Waals surface area contributed by atoms with Crippen LogP contribution < -0.4 is 0 Å². The Hall–Kier alpha value is -1.74. The van der Waals surface area contributed by atoms with Gasteiger partial charge in [0.1, 0.15) is 0 Å². The Morgan fingerprint density at radius 2 is 1.71 bits per heavy atom. The number of benzene rings is 2. The molecule has 0 fully saturated rings. The molecule has 1 heterocycles. The predicted octanol–water partition coefficient (Wildman–Crippen LogP) is 3.86. The number of rotatable bonds is 3. The summed E-state index contributed by atoms with van der Waals surface area (Å²) in [6.45, 7) is 0. The average molecular weight is 240 g/mol. The van der Waals surface area contributed by atoms with Crippen molar-refractivity contribution in [2.45, 2.75) is 10.9 Å². The van der Waals surface area contributed by atoms with Gasteiger partial charge in [-0.05, 0) is 17.7 Å². The van der Waals surface area contributed by atoms with E-state index in [9.17, 15) is 0 Å². The van der Waals surface area contributed by atoms with Gasteiger partial charge in [0, 0.05) is 5.75 Å². The highest BCUT2D eigenvalue weighted by atomic mass is 32.2. The highest BCUT2D eigenvalue weighted by Crippen LogP contribution is 2.22. The number of para-hydroxylation sites is 2. The smallest absolute Gasteiger partial charge is 0.166 e. The zero-order valence-electron chi connectivity index (χ0n) is 9.26. The zero-order chi connectivity index (χ0) is 11.5. The van der Waals surface area contributed by atoms with Crippen LogP contribution >= 0.6 is 11.8 Å². The first-order valence-corrected chi connectivity index (χ1v) is 6.52. The Morgan fingerprint density at radius 3 is 2.53 bits per heavy atom. The fraction of sp³-hybridized carbons (Fsp3) is 0.0714. The summed E-state index contributed by atoms with van der Waals surface area (Å²) in [5.41, 5.74) is 3.45. The number of aromatic amines is 1. The molecular weight excluding hydrogens is 228 g/mol. The highest BCUT2D eigenvalue weighted by Gasteiger charge is 2.02. The number of thioether (sulfide) groups is 1. The highest BCUT2D eigenvalue weighted by molar-refractivity contribution is 7.98. The molecule has 0 amide bonds. The van der Waals surface area contributed by atoms with Gasteiger partial charge in [0.15, 0.2) is 5.16 Å². The van der Waals surface area contributed by atoms with Crippen molar-refractivity contribution in [1.29, 1.82) is 0 Å². The molecule has 0 bridgehead atoms. The fourth-order valence-corrected chi connectivity index (χ4v) is 2.56. The summed E-state index contributed by atoms with van der Waals surface area (Å²) in [7, 11) is 0. The number of nitrogens with one attached hydrogen (secondary N) is 1. The van der Waals surface area contributed by atoms with Gasteiger partial charge in [0.05, 0.1) is 11.0 Å². The number of fused-ring (bicyclic) bond motifs is 1. The van der Waals surface area contributed by atoms with Gasteiger partial charge >= 0.3 is 0 Å². The molecule has 0 saturated carbocycles. The number of H-pyrrole nitrogens is 1. The van der Waals surface area contributed by atoms with Crippen molar-refractivity contribution in [2.75, 3.05) is 0 Å². The Kier molecular flexibility index (Phi) is 2.84. The number of hydrogen-bond acceptors (Lipinski definition) is 2. The third kappa shape index (κ3) is 2.34. The summed E-state index contributed by atoms with van der Waals surface area (Å²) >= 11 is 1.73. The molecule has 3 aromatic rings. The largest absolute Gasteiger partial charge is 0.333 e. The quantitative estimate of drug-likeness (QED) is 0.704. The number of nitrogens with zero attached hydrogens (tertiary/aromatic N) is 1. The molecule has 0 radical (unpaired) electrons. The van der Waals surface area contributed by atoms with Crippen LogP contribution in [0.1, 0.15) is 5.56 Å². The van der Waals surface area contributed by atoms with Gasteiger partial charge < -0.3 is 4.98 Å². The van der Waals surface area contributed by atoms with E-state index in [1.165, 1.54) is 5.56 Å². The first-order chi connectivity index (χ1) is 8.42. The van der Waals surface area contributed by atoms with Gasteiger partial charge in [-0.25, -0.2) is 4.98 Å². The van der Waals surface area contributed by atoms with Crippen LogP contribution in [0.3, 0.4) is 0 Å². The summed E-state index contributed by atoms with van der Waals surface area (Å²) in [6.07, 6.45) is 0. The van der Waals surface area contributed by atoms with Crippen molar-refractivity contribution in [1.82, 2.24) is 9.97 Å². The molecule has 0 aliphatic rings. The standard InChI is InChI=1S/C14H12N2S/c1-2-6-11(7-3-1)10-17-14-15-12-8-4-5-9-13(12)16-14/h1-9H,10H2,(H,15,16). The molecule has 1 aromatic heterocycles. The summed E-state index contributed by atoms with van der Waals surface area (Å²) in [4.78, 5) is 7.85. The minimum absolute atomic E-state index is 0.945. The Bertz CT molecular complexity index is 583. The lowest BCUT2D eigenvalue weighted by Crippen LogP contribution is -1.80. The monoisotopic (exact) mass is 240 g/mol. The van der Waals surface area contributed by atoms with Gasteiger partial charge in [-0.3, -0.25) is 0 Å². The molecular formula is C14H12N2S. The Morgan fingerprint density at radius 1 is 0.941 bits per heavy atom. The Balaban J connectivity index is 1.77. The van der Waals surface area contributed by atoms with Crippen LogP contribution in [-0.4, -0.2) is 9.97 Å². The van der Waals surface area contributed by atoms with E-state index >= 15 is 0 Å². The molecule has 2 nitrogen and oxygen atoms in total.